The molecule has 2 aromatic rings. The van der Waals surface area contributed by atoms with Gasteiger partial charge in [0.15, 0.2) is 0 Å². The molecule has 3 heterocycles. The Morgan fingerprint density at radius 3 is 2.46 bits per heavy atom. The van der Waals surface area contributed by atoms with Gasteiger partial charge in [0.05, 0.1) is 38.0 Å². The molecule has 13 heteroatoms. The summed E-state index contributed by atoms with van der Waals surface area (Å²) in [4.78, 5) is 64.2. The number of aromatic nitrogens is 2. The first kappa shape index (κ1) is 35.3. The SMILES string of the molecule is CCN1C[C@@H]([C@@H](O)[C@H](CC2CCCCC2)NC(=O)[C@H](Cc2cnc[nH]2)NC(=O)[C@H](CC(=O)N2CCOCC2)Cc2ccccc2)OC1=O. The molecule has 0 unspecified atom stereocenters. The summed E-state index contributed by atoms with van der Waals surface area (Å²) in [5.74, 6) is -1.42. The van der Waals surface area contributed by atoms with Crippen molar-refractivity contribution < 1.29 is 33.8 Å². The largest absolute Gasteiger partial charge is 0.441 e. The first-order valence-electron chi connectivity index (χ1n) is 17.4. The standard InChI is InChI=1S/C35H50N6O7/c1-2-40-22-30(48-35(40)46)32(43)28(18-25-11-7-4-8-12-25)38-34(45)29(20-27-21-36-23-37-27)39-33(44)26(17-24-9-5-3-6-10-24)19-31(42)41-13-15-47-16-14-41/h3,5-6,9-10,21,23,25-26,28-30,32,43H,2,4,7-8,11-20,22H2,1H3,(H,36,37)(H,38,45)(H,39,44)/t26-,28-,29-,30-,32-/m0/s1. The molecule has 262 valence electrons. The van der Waals surface area contributed by atoms with E-state index in [1.807, 2.05) is 37.3 Å². The molecule has 1 aromatic carbocycles. The highest BCUT2D eigenvalue weighted by molar-refractivity contribution is 5.91. The number of imidazole rings is 1. The summed E-state index contributed by atoms with van der Waals surface area (Å²) in [7, 11) is 0. The fraction of sp³-hybridized carbons (Fsp3) is 0.629. The number of aliphatic hydroxyl groups excluding tert-OH is 1. The van der Waals surface area contributed by atoms with Gasteiger partial charge in [-0.15, -0.1) is 0 Å². The normalized spacial score (nSPS) is 21.2. The van der Waals surface area contributed by atoms with E-state index in [4.69, 9.17) is 9.47 Å². The van der Waals surface area contributed by atoms with Crippen LogP contribution in [0, 0.1) is 11.8 Å². The molecular formula is C35H50N6O7. The average Bonchev–Trinajstić information content (AvgIpc) is 3.77. The number of hydrogen-bond acceptors (Lipinski definition) is 8. The third-order valence-corrected chi connectivity index (χ3v) is 9.82. The number of rotatable bonds is 15. The Hall–Kier alpha value is -3.97. The van der Waals surface area contributed by atoms with Gasteiger partial charge in [-0.1, -0.05) is 62.4 Å². The number of amides is 4. The van der Waals surface area contributed by atoms with E-state index in [-0.39, 0.29) is 25.3 Å². The lowest BCUT2D eigenvalue weighted by molar-refractivity contribution is -0.140. The zero-order valence-electron chi connectivity index (χ0n) is 27.9. The Kier molecular flexibility index (Phi) is 12.8. The van der Waals surface area contributed by atoms with Crippen LogP contribution in [0.3, 0.4) is 0 Å². The number of nitrogens with zero attached hydrogens (tertiary/aromatic N) is 3. The van der Waals surface area contributed by atoms with Gasteiger partial charge in [0.2, 0.25) is 17.7 Å². The lowest BCUT2D eigenvalue weighted by atomic mass is 9.83. The second-order valence-electron chi connectivity index (χ2n) is 13.2. The minimum Gasteiger partial charge on any atom is -0.441 e. The number of carbonyl (C=O) groups is 4. The van der Waals surface area contributed by atoms with E-state index in [1.165, 1.54) is 11.2 Å². The molecule has 5 rings (SSSR count). The first-order valence-corrected chi connectivity index (χ1v) is 17.4. The van der Waals surface area contributed by atoms with E-state index in [0.29, 0.717) is 57.3 Å². The third kappa shape index (κ3) is 9.79. The lowest BCUT2D eigenvalue weighted by Crippen LogP contribution is -2.57. The number of nitrogens with one attached hydrogen (secondary N) is 3. The van der Waals surface area contributed by atoms with E-state index >= 15 is 0 Å². The van der Waals surface area contributed by atoms with Crippen LogP contribution in [-0.2, 0) is 36.7 Å². The molecule has 3 fully saturated rings. The minimum absolute atomic E-state index is 0.0108. The predicted octanol–water partition coefficient (Wildman–Crippen LogP) is 2.20. The minimum atomic E-state index is -1.13. The molecule has 3 aliphatic rings. The molecule has 0 spiro atoms. The molecule has 4 N–H and O–H groups in total. The number of benzene rings is 1. The maximum absolute atomic E-state index is 14.1. The highest BCUT2D eigenvalue weighted by atomic mass is 16.6. The Bertz CT molecular complexity index is 1330. The molecule has 2 saturated heterocycles. The molecule has 0 radical (unpaired) electrons. The summed E-state index contributed by atoms with van der Waals surface area (Å²) < 4.78 is 10.9. The molecule has 13 nitrogen and oxygen atoms in total. The molecule has 5 atom stereocenters. The van der Waals surface area contributed by atoms with E-state index in [1.54, 1.807) is 11.1 Å². The summed E-state index contributed by atoms with van der Waals surface area (Å²) in [5, 5.41) is 17.5. The van der Waals surface area contributed by atoms with E-state index in [9.17, 15) is 24.3 Å². The second-order valence-corrected chi connectivity index (χ2v) is 13.2. The van der Waals surface area contributed by atoms with E-state index in [2.05, 4.69) is 20.6 Å². The summed E-state index contributed by atoms with van der Waals surface area (Å²) in [6.45, 7) is 4.40. The lowest BCUT2D eigenvalue weighted by Gasteiger charge is -2.33. The zero-order chi connectivity index (χ0) is 33.9. The highest BCUT2D eigenvalue weighted by Crippen LogP contribution is 2.29. The number of H-pyrrole nitrogens is 1. The maximum atomic E-state index is 14.1. The molecular weight excluding hydrogens is 616 g/mol. The number of carbonyl (C=O) groups excluding carboxylic acids is 4. The van der Waals surface area contributed by atoms with Crippen molar-refractivity contribution in [1.82, 2.24) is 30.4 Å². The number of ether oxygens (including phenoxy) is 2. The van der Waals surface area contributed by atoms with Crippen LogP contribution < -0.4 is 10.6 Å². The van der Waals surface area contributed by atoms with Gasteiger partial charge in [-0.05, 0) is 31.2 Å². The average molecular weight is 667 g/mol. The van der Waals surface area contributed by atoms with Crippen LogP contribution in [0.2, 0.25) is 0 Å². The van der Waals surface area contributed by atoms with Crippen LogP contribution in [-0.4, -0.2) is 112 Å². The van der Waals surface area contributed by atoms with Crippen molar-refractivity contribution in [2.24, 2.45) is 11.8 Å². The van der Waals surface area contributed by atoms with Crippen molar-refractivity contribution in [3.05, 3.63) is 54.1 Å². The summed E-state index contributed by atoms with van der Waals surface area (Å²) in [5.41, 5.74) is 1.55. The molecule has 48 heavy (non-hydrogen) atoms. The summed E-state index contributed by atoms with van der Waals surface area (Å²) >= 11 is 0. The zero-order valence-corrected chi connectivity index (χ0v) is 27.9. The van der Waals surface area contributed by atoms with Crippen molar-refractivity contribution in [3.63, 3.8) is 0 Å². The summed E-state index contributed by atoms with van der Waals surface area (Å²) in [6.07, 6.45) is 7.03. The van der Waals surface area contributed by atoms with Gasteiger partial charge in [-0.2, -0.15) is 0 Å². The molecule has 1 saturated carbocycles. The smallest absolute Gasteiger partial charge is 0.410 e. The predicted molar refractivity (Wildman–Crippen MR) is 177 cm³/mol. The van der Waals surface area contributed by atoms with Gasteiger partial charge in [-0.25, -0.2) is 9.78 Å². The number of hydrogen-bond donors (Lipinski definition) is 4. The first-order chi connectivity index (χ1) is 23.3. The van der Waals surface area contributed by atoms with Gasteiger partial charge >= 0.3 is 6.09 Å². The van der Waals surface area contributed by atoms with Crippen molar-refractivity contribution >= 4 is 23.8 Å². The van der Waals surface area contributed by atoms with Crippen molar-refractivity contribution in [2.45, 2.75) is 89.0 Å². The summed E-state index contributed by atoms with van der Waals surface area (Å²) in [6, 6.07) is 7.80. The topological polar surface area (TPSA) is 166 Å². The number of cyclic esters (lactones) is 1. The fourth-order valence-electron chi connectivity index (χ4n) is 7.00. The van der Waals surface area contributed by atoms with E-state index in [0.717, 1.165) is 37.7 Å². The van der Waals surface area contributed by atoms with Gasteiger partial charge in [0.1, 0.15) is 18.2 Å². The molecule has 2 aliphatic heterocycles. The maximum Gasteiger partial charge on any atom is 0.410 e. The third-order valence-electron chi connectivity index (χ3n) is 9.82. The number of morpholine rings is 1. The Balaban J connectivity index is 1.34. The Labute approximate surface area is 282 Å². The fourth-order valence-corrected chi connectivity index (χ4v) is 7.00. The van der Waals surface area contributed by atoms with Gasteiger partial charge in [-0.3, -0.25) is 14.4 Å². The molecule has 0 bridgehead atoms. The van der Waals surface area contributed by atoms with Crippen LogP contribution in [0.25, 0.3) is 0 Å². The van der Waals surface area contributed by atoms with Gasteiger partial charge in [0.25, 0.3) is 0 Å². The monoisotopic (exact) mass is 666 g/mol. The van der Waals surface area contributed by atoms with Crippen LogP contribution in [0.5, 0.6) is 0 Å². The molecule has 1 aromatic heterocycles. The van der Waals surface area contributed by atoms with Crippen LogP contribution in [0.1, 0.15) is 63.1 Å². The van der Waals surface area contributed by atoms with Crippen LogP contribution in [0.4, 0.5) is 4.79 Å². The number of likely N-dealkylation sites (N-methyl/N-ethyl adjacent to an activating group) is 1. The number of aromatic amines is 1. The second kappa shape index (κ2) is 17.4. The quantitative estimate of drug-likeness (QED) is 0.225. The Morgan fingerprint density at radius 2 is 1.79 bits per heavy atom. The van der Waals surface area contributed by atoms with Crippen LogP contribution >= 0.6 is 0 Å². The Morgan fingerprint density at radius 1 is 1.04 bits per heavy atom. The van der Waals surface area contributed by atoms with Gasteiger partial charge in [0, 0.05) is 44.4 Å². The van der Waals surface area contributed by atoms with Gasteiger partial charge < -0.3 is 40.0 Å². The number of aliphatic hydroxyl groups is 1. The van der Waals surface area contributed by atoms with Crippen molar-refractivity contribution in [2.75, 3.05) is 39.4 Å². The van der Waals surface area contributed by atoms with Crippen LogP contribution in [0.15, 0.2) is 42.9 Å². The van der Waals surface area contributed by atoms with E-state index < -0.39 is 48.1 Å². The van der Waals surface area contributed by atoms with Crippen molar-refractivity contribution in [1.29, 1.82) is 0 Å². The molecule has 1 aliphatic carbocycles. The molecule has 4 amide bonds. The highest BCUT2D eigenvalue weighted by Gasteiger charge is 2.41. The van der Waals surface area contributed by atoms with Crippen molar-refractivity contribution in [3.8, 4) is 0 Å².